The molecular weight excluding hydrogens is 170 g/mol. The van der Waals surface area contributed by atoms with Crippen LogP contribution in [0.1, 0.15) is 38.7 Å². The second kappa shape index (κ2) is 5.69. The first-order chi connectivity index (χ1) is 6.77. The molecule has 1 unspecified atom stereocenters. The Balaban J connectivity index is 2.62. The molecule has 1 aromatic rings. The van der Waals surface area contributed by atoms with Gasteiger partial charge in [0.1, 0.15) is 0 Å². The molecule has 14 heavy (non-hydrogen) atoms. The largest absolute Gasteiger partial charge is 0.382 e. The standard InChI is InChI=1S/C13H21N/c1-4-8-12(5-2)14-13-10-7-6-9-11(13)3/h6-7,9-10,12,14H,4-5,8H2,1-3H3. The molecule has 0 saturated heterocycles. The van der Waals surface area contributed by atoms with Crippen molar-refractivity contribution in [3.05, 3.63) is 29.8 Å². The highest BCUT2D eigenvalue weighted by atomic mass is 14.9. The van der Waals surface area contributed by atoms with Gasteiger partial charge in [-0.1, -0.05) is 38.5 Å². The number of hydrogen-bond acceptors (Lipinski definition) is 1. The Bertz CT molecular complexity index is 268. The lowest BCUT2D eigenvalue weighted by Gasteiger charge is -2.18. The number of hydrogen-bond donors (Lipinski definition) is 1. The molecule has 1 nitrogen and oxygen atoms in total. The normalized spacial score (nSPS) is 12.5. The van der Waals surface area contributed by atoms with Crippen LogP contribution in [0.2, 0.25) is 0 Å². The van der Waals surface area contributed by atoms with Crippen LogP contribution in [0.25, 0.3) is 0 Å². The van der Waals surface area contributed by atoms with Gasteiger partial charge in [-0.15, -0.1) is 0 Å². The Morgan fingerprint density at radius 3 is 2.50 bits per heavy atom. The highest BCUT2D eigenvalue weighted by Crippen LogP contribution is 2.16. The zero-order valence-corrected chi connectivity index (χ0v) is 9.51. The van der Waals surface area contributed by atoms with E-state index in [1.54, 1.807) is 0 Å². The lowest BCUT2D eigenvalue weighted by atomic mass is 10.1. The van der Waals surface area contributed by atoms with Gasteiger partial charge in [0.05, 0.1) is 0 Å². The molecule has 78 valence electrons. The molecule has 0 aliphatic heterocycles. The van der Waals surface area contributed by atoms with Gasteiger partial charge in [0.2, 0.25) is 0 Å². The second-order valence-corrected chi connectivity index (χ2v) is 3.85. The number of para-hydroxylation sites is 1. The highest BCUT2D eigenvalue weighted by molar-refractivity contribution is 5.50. The lowest BCUT2D eigenvalue weighted by molar-refractivity contribution is 0.622. The third-order valence-corrected chi connectivity index (χ3v) is 2.63. The molecular formula is C13H21N. The van der Waals surface area contributed by atoms with Gasteiger partial charge in [-0.05, 0) is 31.4 Å². The van der Waals surface area contributed by atoms with Crippen molar-refractivity contribution in [3.63, 3.8) is 0 Å². The van der Waals surface area contributed by atoms with Gasteiger partial charge >= 0.3 is 0 Å². The number of nitrogens with one attached hydrogen (secondary N) is 1. The summed E-state index contributed by atoms with van der Waals surface area (Å²) in [6, 6.07) is 9.12. The van der Waals surface area contributed by atoms with Crippen molar-refractivity contribution in [1.29, 1.82) is 0 Å². The average Bonchev–Trinajstić information content (AvgIpc) is 2.20. The molecule has 1 rings (SSSR count). The highest BCUT2D eigenvalue weighted by Gasteiger charge is 2.05. The minimum Gasteiger partial charge on any atom is -0.382 e. The molecule has 1 heteroatoms. The van der Waals surface area contributed by atoms with Gasteiger partial charge in [0.15, 0.2) is 0 Å². The zero-order valence-electron chi connectivity index (χ0n) is 9.51. The zero-order chi connectivity index (χ0) is 10.4. The number of aryl methyl sites for hydroxylation is 1. The molecule has 0 amide bonds. The first-order valence-corrected chi connectivity index (χ1v) is 5.60. The maximum absolute atomic E-state index is 3.60. The van der Waals surface area contributed by atoms with E-state index in [9.17, 15) is 0 Å². The van der Waals surface area contributed by atoms with E-state index in [4.69, 9.17) is 0 Å². The molecule has 0 aliphatic rings. The van der Waals surface area contributed by atoms with E-state index in [2.05, 4.69) is 50.4 Å². The van der Waals surface area contributed by atoms with Crippen LogP contribution in [0.15, 0.2) is 24.3 Å². The fourth-order valence-corrected chi connectivity index (χ4v) is 1.68. The van der Waals surface area contributed by atoms with Gasteiger partial charge in [-0.3, -0.25) is 0 Å². The molecule has 0 heterocycles. The molecule has 1 atom stereocenters. The summed E-state index contributed by atoms with van der Waals surface area (Å²) in [6.07, 6.45) is 3.70. The van der Waals surface area contributed by atoms with Crippen molar-refractivity contribution in [1.82, 2.24) is 0 Å². The van der Waals surface area contributed by atoms with Crippen molar-refractivity contribution < 1.29 is 0 Å². The summed E-state index contributed by atoms with van der Waals surface area (Å²) < 4.78 is 0. The van der Waals surface area contributed by atoms with Gasteiger partial charge in [-0.25, -0.2) is 0 Å². The smallest absolute Gasteiger partial charge is 0.0372 e. The minimum atomic E-state index is 0.626. The van der Waals surface area contributed by atoms with Crippen LogP contribution in [-0.4, -0.2) is 6.04 Å². The summed E-state index contributed by atoms with van der Waals surface area (Å²) in [4.78, 5) is 0. The Labute approximate surface area is 87.5 Å². The van der Waals surface area contributed by atoms with Gasteiger partial charge < -0.3 is 5.32 Å². The molecule has 0 radical (unpaired) electrons. The topological polar surface area (TPSA) is 12.0 Å². The predicted octanol–water partition coefficient (Wildman–Crippen LogP) is 3.99. The fraction of sp³-hybridized carbons (Fsp3) is 0.538. The van der Waals surface area contributed by atoms with Crippen LogP contribution in [-0.2, 0) is 0 Å². The Kier molecular flexibility index (Phi) is 4.51. The average molecular weight is 191 g/mol. The quantitative estimate of drug-likeness (QED) is 0.742. The van der Waals surface area contributed by atoms with Gasteiger partial charge in [0, 0.05) is 11.7 Å². The predicted molar refractivity (Wildman–Crippen MR) is 63.8 cm³/mol. The van der Waals surface area contributed by atoms with Crippen molar-refractivity contribution >= 4 is 5.69 Å². The van der Waals surface area contributed by atoms with Crippen molar-refractivity contribution in [3.8, 4) is 0 Å². The fourth-order valence-electron chi connectivity index (χ4n) is 1.68. The van der Waals surface area contributed by atoms with Crippen LogP contribution >= 0.6 is 0 Å². The van der Waals surface area contributed by atoms with Crippen LogP contribution in [0, 0.1) is 6.92 Å². The molecule has 0 fully saturated rings. The van der Waals surface area contributed by atoms with Crippen molar-refractivity contribution in [2.75, 3.05) is 5.32 Å². The summed E-state index contributed by atoms with van der Waals surface area (Å²) in [7, 11) is 0. The van der Waals surface area contributed by atoms with Crippen molar-refractivity contribution in [2.45, 2.75) is 46.1 Å². The Hall–Kier alpha value is -0.980. The number of rotatable bonds is 5. The molecule has 0 bridgehead atoms. The lowest BCUT2D eigenvalue weighted by Crippen LogP contribution is -2.18. The van der Waals surface area contributed by atoms with Crippen molar-refractivity contribution in [2.24, 2.45) is 0 Å². The maximum atomic E-state index is 3.60. The van der Waals surface area contributed by atoms with Gasteiger partial charge in [-0.2, -0.15) is 0 Å². The number of benzene rings is 1. The first kappa shape index (κ1) is 11.1. The van der Waals surface area contributed by atoms with E-state index in [0.717, 1.165) is 0 Å². The summed E-state index contributed by atoms with van der Waals surface area (Å²) in [6.45, 7) is 6.63. The maximum Gasteiger partial charge on any atom is 0.0372 e. The van der Waals surface area contributed by atoms with E-state index in [1.807, 2.05) is 0 Å². The molecule has 1 aromatic carbocycles. The Morgan fingerprint density at radius 2 is 1.93 bits per heavy atom. The molecule has 0 spiro atoms. The van der Waals surface area contributed by atoms with E-state index < -0.39 is 0 Å². The molecule has 0 aromatic heterocycles. The monoisotopic (exact) mass is 191 g/mol. The van der Waals surface area contributed by atoms with Gasteiger partial charge in [0.25, 0.3) is 0 Å². The van der Waals surface area contributed by atoms with E-state index >= 15 is 0 Å². The third-order valence-electron chi connectivity index (χ3n) is 2.63. The van der Waals surface area contributed by atoms with E-state index in [1.165, 1.54) is 30.5 Å². The minimum absolute atomic E-state index is 0.626. The third kappa shape index (κ3) is 3.06. The van der Waals surface area contributed by atoms with Crippen LogP contribution in [0.4, 0.5) is 5.69 Å². The summed E-state index contributed by atoms with van der Waals surface area (Å²) in [5.41, 5.74) is 2.62. The summed E-state index contributed by atoms with van der Waals surface area (Å²) in [5, 5.41) is 3.60. The summed E-state index contributed by atoms with van der Waals surface area (Å²) in [5.74, 6) is 0. The number of anilines is 1. The van der Waals surface area contributed by atoms with E-state index in [-0.39, 0.29) is 0 Å². The molecule has 0 aliphatic carbocycles. The molecule has 0 saturated carbocycles. The molecule has 1 N–H and O–H groups in total. The second-order valence-electron chi connectivity index (χ2n) is 3.85. The van der Waals surface area contributed by atoms with Crippen LogP contribution in [0.3, 0.4) is 0 Å². The van der Waals surface area contributed by atoms with Crippen LogP contribution in [0.5, 0.6) is 0 Å². The summed E-state index contributed by atoms with van der Waals surface area (Å²) >= 11 is 0. The Morgan fingerprint density at radius 1 is 1.21 bits per heavy atom. The van der Waals surface area contributed by atoms with E-state index in [0.29, 0.717) is 6.04 Å². The first-order valence-electron chi connectivity index (χ1n) is 5.60. The van der Waals surface area contributed by atoms with Crippen LogP contribution < -0.4 is 5.32 Å². The SMILES string of the molecule is CCCC(CC)Nc1ccccc1C.